The summed E-state index contributed by atoms with van der Waals surface area (Å²) < 4.78 is 0. The lowest BCUT2D eigenvalue weighted by Gasteiger charge is -2.21. The summed E-state index contributed by atoms with van der Waals surface area (Å²) in [6, 6.07) is 5.91. The first-order valence-electron chi connectivity index (χ1n) is 4.96. The molecule has 88 valence electrons. The Kier molecular flexibility index (Phi) is 4.28. The average Bonchev–Trinajstić information content (AvgIpc) is 2.25. The highest BCUT2D eigenvalue weighted by Gasteiger charge is 2.20. The van der Waals surface area contributed by atoms with Crippen molar-refractivity contribution in [1.82, 2.24) is 5.32 Å². The molecular formula is C11H16N2O3. The van der Waals surface area contributed by atoms with Crippen LogP contribution in [0.2, 0.25) is 0 Å². The van der Waals surface area contributed by atoms with E-state index in [1.54, 1.807) is 24.3 Å². The standard InChI is InChI=1S/C11H16N2O3/c1-7(15)13-10(6-14)11(16)8-2-4-9(12)5-3-8/h2-5,10-11,14,16H,6,12H2,1H3,(H,13,15). The number of rotatable bonds is 4. The largest absolute Gasteiger partial charge is 0.399 e. The van der Waals surface area contributed by atoms with Crippen molar-refractivity contribution < 1.29 is 15.0 Å². The molecule has 0 saturated carbocycles. The molecule has 2 unspecified atom stereocenters. The predicted molar refractivity (Wildman–Crippen MR) is 60.5 cm³/mol. The van der Waals surface area contributed by atoms with Crippen molar-refractivity contribution in [1.29, 1.82) is 0 Å². The second kappa shape index (κ2) is 5.48. The fourth-order valence-electron chi connectivity index (χ4n) is 1.41. The van der Waals surface area contributed by atoms with Crippen molar-refractivity contribution in [2.45, 2.75) is 19.1 Å². The molecule has 0 aliphatic heterocycles. The molecule has 0 heterocycles. The molecule has 5 N–H and O–H groups in total. The first-order chi connectivity index (χ1) is 7.54. The monoisotopic (exact) mass is 224 g/mol. The van der Waals surface area contributed by atoms with Gasteiger partial charge in [-0.1, -0.05) is 12.1 Å². The Balaban J connectivity index is 2.78. The maximum Gasteiger partial charge on any atom is 0.217 e. The summed E-state index contributed by atoms with van der Waals surface area (Å²) in [6.07, 6.45) is -0.950. The molecule has 16 heavy (non-hydrogen) atoms. The van der Waals surface area contributed by atoms with Gasteiger partial charge in [-0.2, -0.15) is 0 Å². The lowest BCUT2D eigenvalue weighted by Crippen LogP contribution is -2.40. The minimum absolute atomic E-state index is 0.298. The fraction of sp³-hybridized carbons (Fsp3) is 0.364. The second-order valence-electron chi connectivity index (χ2n) is 3.60. The highest BCUT2D eigenvalue weighted by atomic mass is 16.3. The zero-order valence-electron chi connectivity index (χ0n) is 9.05. The van der Waals surface area contributed by atoms with Crippen molar-refractivity contribution in [3.05, 3.63) is 29.8 Å². The third-order valence-corrected chi connectivity index (χ3v) is 2.24. The molecule has 1 aromatic carbocycles. The molecule has 2 atom stereocenters. The van der Waals surface area contributed by atoms with E-state index in [1.165, 1.54) is 6.92 Å². The summed E-state index contributed by atoms with van der Waals surface area (Å²) in [7, 11) is 0. The Morgan fingerprint density at radius 2 is 2.00 bits per heavy atom. The Bertz CT molecular complexity index is 351. The SMILES string of the molecule is CC(=O)NC(CO)C(O)c1ccc(N)cc1. The summed E-state index contributed by atoms with van der Waals surface area (Å²) in [4.78, 5) is 10.8. The summed E-state index contributed by atoms with van der Waals surface area (Å²) in [5, 5.41) is 21.4. The van der Waals surface area contributed by atoms with E-state index in [9.17, 15) is 9.90 Å². The lowest BCUT2D eigenvalue weighted by molar-refractivity contribution is -0.121. The van der Waals surface area contributed by atoms with Crippen LogP contribution in [0.4, 0.5) is 5.69 Å². The molecule has 1 rings (SSSR count). The highest BCUT2D eigenvalue weighted by Crippen LogP contribution is 2.18. The first-order valence-corrected chi connectivity index (χ1v) is 4.96. The number of nitrogen functional groups attached to an aromatic ring is 1. The van der Waals surface area contributed by atoms with Crippen molar-refractivity contribution in [3.63, 3.8) is 0 Å². The normalized spacial score (nSPS) is 14.2. The molecule has 5 nitrogen and oxygen atoms in total. The van der Waals surface area contributed by atoms with E-state index in [1.807, 2.05) is 0 Å². The van der Waals surface area contributed by atoms with Crippen molar-refractivity contribution >= 4 is 11.6 Å². The number of aliphatic hydroxyl groups is 2. The van der Waals surface area contributed by atoms with E-state index in [2.05, 4.69) is 5.32 Å². The summed E-state index contributed by atoms with van der Waals surface area (Å²) in [5.41, 5.74) is 6.71. The molecular weight excluding hydrogens is 208 g/mol. The fourth-order valence-corrected chi connectivity index (χ4v) is 1.41. The summed E-state index contributed by atoms with van der Waals surface area (Å²) in [6.45, 7) is 1.00. The van der Waals surface area contributed by atoms with E-state index < -0.39 is 12.1 Å². The van der Waals surface area contributed by atoms with Crippen LogP contribution in [-0.2, 0) is 4.79 Å². The number of anilines is 1. The number of amides is 1. The van der Waals surface area contributed by atoms with E-state index in [0.29, 0.717) is 11.3 Å². The molecule has 1 amide bonds. The van der Waals surface area contributed by atoms with Crippen LogP contribution in [0.5, 0.6) is 0 Å². The topological polar surface area (TPSA) is 95.6 Å². The van der Waals surface area contributed by atoms with Crippen molar-refractivity contribution in [3.8, 4) is 0 Å². The van der Waals surface area contributed by atoms with Crippen LogP contribution in [0.15, 0.2) is 24.3 Å². The van der Waals surface area contributed by atoms with E-state index >= 15 is 0 Å². The quantitative estimate of drug-likeness (QED) is 0.532. The van der Waals surface area contributed by atoms with Gasteiger partial charge >= 0.3 is 0 Å². The number of aliphatic hydroxyl groups excluding tert-OH is 2. The van der Waals surface area contributed by atoms with Gasteiger partial charge < -0.3 is 21.3 Å². The van der Waals surface area contributed by atoms with E-state index in [4.69, 9.17) is 10.8 Å². The molecule has 0 bridgehead atoms. The zero-order chi connectivity index (χ0) is 12.1. The molecule has 1 aromatic rings. The van der Waals surface area contributed by atoms with Crippen LogP contribution in [0.3, 0.4) is 0 Å². The van der Waals surface area contributed by atoms with Crippen LogP contribution in [0, 0.1) is 0 Å². The Morgan fingerprint density at radius 1 is 1.44 bits per heavy atom. The Hall–Kier alpha value is -1.59. The molecule has 0 radical (unpaired) electrons. The lowest BCUT2D eigenvalue weighted by atomic mass is 10.0. The summed E-state index contributed by atoms with van der Waals surface area (Å²) >= 11 is 0. The third-order valence-electron chi connectivity index (χ3n) is 2.24. The van der Waals surface area contributed by atoms with Gasteiger partial charge in [-0.25, -0.2) is 0 Å². The first kappa shape index (κ1) is 12.5. The molecule has 5 heteroatoms. The van der Waals surface area contributed by atoms with E-state index in [-0.39, 0.29) is 12.5 Å². The molecule has 0 aliphatic rings. The van der Waals surface area contributed by atoms with Gasteiger partial charge in [0.25, 0.3) is 0 Å². The van der Waals surface area contributed by atoms with Gasteiger partial charge in [0.2, 0.25) is 5.91 Å². The van der Waals surface area contributed by atoms with Gasteiger partial charge in [0.1, 0.15) is 6.10 Å². The van der Waals surface area contributed by atoms with Crippen molar-refractivity contribution in [2.24, 2.45) is 0 Å². The molecule has 0 fully saturated rings. The van der Waals surface area contributed by atoms with Gasteiger partial charge in [-0.05, 0) is 17.7 Å². The number of carbonyl (C=O) groups excluding carboxylic acids is 1. The predicted octanol–water partition coefficient (Wildman–Crippen LogP) is -0.201. The third kappa shape index (κ3) is 3.22. The van der Waals surface area contributed by atoms with Crippen molar-refractivity contribution in [2.75, 3.05) is 12.3 Å². The Morgan fingerprint density at radius 3 is 2.44 bits per heavy atom. The van der Waals surface area contributed by atoms with Crippen LogP contribution < -0.4 is 11.1 Å². The number of carbonyl (C=O) groups is 1. The minimum atomic E-state index is -0.950. The maximum atomic E-state index is 10.8. The van der Waals surface area contributed by atoms with Gasteiger partial charge in [0.15, 0.2) is 0 Å². The summed E-state index contributed by atoms with van der Waals surface area (Å²) in [5.74, 6) is -0.298. The molecule has 0 aromatic heterocycles. The van der Waals surface area contributed by atoms with Crippen LogP contribution >= 0.6 is 0 Å². The van der Waals surface area contributed by atoms with Crippen LogP contribution in [-0.4, -0.2) is 28.8 Å². The molecule has 0 spiro atoms. The number of nitrogens with two attached hydrogens (primary N) is 1. The molecule has 0 aliphatic carbocycles. The number of nitrogens with one attached hydrogen (secondary N) is 1. The van der Waals surface area contributed by atoms with Gasteiger partial charge in [0.05, 0.1) is 12.6 Å². The van der Waals surface area contributed by atoms with E-state index in [0.717, 1.165) is 0 Å². The number of hydrogen-bond donors (Lipinski definition) is 4. The van der Waals surface area contributed by atoms with Gasteiger partial charge in [0, 0.05) is 12.6 Å². The number of benzene rings is 1. The highest BCUT2D eigenvalue weighted by molar-refractivity contribution is 5.73. The van der Waals surface area contributed by atoms with Crippen LogP contribution in [0.25, 0.3) is 0 Å². The number of hydrogen-bond acceptors (Lipinski definition) is 4. The van der Waals surface area contributed by atoms with Crippen LogP contribution in [0.1, 0.15) is 18.6 Å². The smallest absolute Gasteiger partial charge is 0.217 e. The Labute approximate surface area is 93.9 Å². The molecule has 0 saturated heterocycles. The maximum absolute atomic E-state index is 10.8. The zero-order valence-corrected chi connectivity index (χ0v) is 9.05. The average molecular weight is 224 g/mol. The van der Waals surface area contributed by atoms with Gasteiger partial charge in [-0.3, -0.25) is 4.79 Å². The van der Waals surface area contributed by atoms with Gasteiger partial charge in [-0.15, -0.1) is 0 Å². The minimum Gasteiger partial charge on any atom is -0.399 e. The second-order valence-corrected chi connectivity index (χ2v) is 3.60.